The zero-order valence-corrected chi connectivity index (χ0v) is 20.9. The summed E-state index contributed by atoms with van der Waals surface area (Å²) in [5.74, 6) is 2.11. The number of hydrogen-bond donors (Lipinski definition) is 1. The highest BCUT2D eigenvalue weighted by Crippen LogP contribution is 2.27. The molecule has 1 atom stereocenters. The molecule has 202 valence electrons. The Morgan fingerprint density at radius 1 is 1.11 bits per heavy atom. The molecule has 3 heterocycles. The minimum atomic E-state index is -6.09. The number of β-amino-alcohol motifs (C(OH)–C–C–N with tert-alkyl or cyclic N) is 1. The van der Waals surface area contributed by atoms with E-state index in [1.54, 1.807) is 13.3 Å². The molecule has 1 aromatic carbocycles. The van der Waals surface area contributed by atoms with Crippen LogP contribution in [-0.4, -0.2) is 66.3 Å². The average Bonchev–Trinajstić information content (AvgIpc) is 3.35. The van der Waals surface area contributed by atoms with Gasteiger partial charge in [0.2, 0.25) is 5.89 Å². The lowest BCUT2D eigenvalue weighted by Gasteiger charge is -2.27. The normalized spacial score (nSPS) is 15.5. The topological polar surface area (TPSA) is 120 Å². The van der Waals surface area contributed by atoms with Crippen LogP contribution in [0, 0.1) is 0 Å². The second kappa shape index (κ2) is 12.5. The highest BCUT2D eigenvalue weighted by molar-refractivity contribution is 7.86. The first-order chi connectivity index (χ1) is 17.5. The smallest absolute Gasteiger partial charge is 0.485 e. The maximum Gasteiger partial charge on any atom is 0.485 e. The quantitative estimate of drug-likeness (QED) is 0.274. The number of alkyl halides is 3. The van der Waals surface area contributed by atoms with Crippen molar-refractivity contribution in [3.05, 3.63) is 55.0 Å². The summed E-state index contributed by atoms with van der Waals surface area (Å²) in [5, 5.41) is 10.4. The predicted octanol–water partition coefficient (Wildman–Crippen LogP) is 3.20. The Kier molecular flexibility index (Phi) is 9.65. The molecule has 4 rings (SSSR count). The number of rotatable bonds is 7. The van der Waals surface area contributed by atoms with Crippen LogP contribution in [0.5, 0.6) is 5.75 Å². The van der Waals surface area contributed by atoms with Gasteiger partial charge in [-0.25, -0.2) is 18.0 Å². The van der Waals surface area contributed by atoms with Gasteiger partial charge in [-0.3, -0.25) is 0 Å². The largest absolute Gasteiger partial charge is 0.741 e. The SMILES string of the molecule is COc1ccc(-c2cnc(-c3cc[n+](CC(O)CN4CCCCC4)cc3)o2)cc1.O=S(=O)([O-])C(F)(F)F. The van der Waals surface area contributed by atoms with E-state index in [4.69, 9.17) is 22.1 Å². The van der Waals surface area contributed by atoms with Crippen molar-refractivity contribution < 1.29 is 45.0 Å². The number of aromatic nitrogens is 2. The first-order valence-electron chi connectivity index (χ1n) is 11.5. The Labute approximate surface area is 212 Å². The molecule has 0 bridgehead atoms. The highest BCUT2D eigenvalue weighted by atomic mass is 32.2. The van der Waals surface area contributed by atoms with Crippen molar-refractivity contribution in [3.8, 4) is 28.5 Å². The third-order valence-electron chi connectivity index (χ3n) is 5.64. The molecule has 0 radical (unpaired) electrons. The van der Waals surface area contributed by atoms with Gasteiger partial charge in [0.15, 0.2) is 34.8 Å². The maximum absolute atomic E-state index is 10.7. The monoisotopic (exact) mass is 543 g/mol. The molecule has 0 amide bonds. The zero-order valence-electron chi connectivity index (χ0n) is 20.1. The van der Waals surface area contributed by atoms with Crippen molar-refractivity contribution in [2.45, 2.75) is 37.4 Å². The number of piperidine rings is 1. The van der Waals surface area contributed by atoms with E-state index in [0.717, 1.165) is 42.3 Å². The third kappa shape index (κ3) is 8.52. The lowest BCUT2D eigenvalue weighted by molar-refractivity contribution is -0.703. The van der Waals surface area contributed by atoms with Crippen LogP contribution in [0.3, 0.4) is 0 Å². The summed E-state index contributed by atoms with van der Waals surface area (Å²) in [5.41, 5.74) is -3.78. The van der Waals surface area contributed by atoms with E-state index in [-0.39, 0.29) is 6.10 Å². The van der Waals surface area contributed by atoms with Gasteiger partial charge >= 0.3 is 5.51 Å². The van der Waals surface area contributed by atoms with Gasteiger partial charge in [0, 0.05) is 29.8 Å². The number of aliphatic hydroxyl groups excluding tert-OH is 1. The van der Waals surface area contributed by atoms with Gasteiger partial charge in [-0.2, -0.15) is 13.2 Å². The van der Waals surface area contributed by atoms with Crippen LogP contribution in [0.25, 0.3) is 22.8 Å². The fourth-order valence-electron chi connectivity index (χ4n) is 3.76. The molecule has 1 unspecified atom stereocenters. The van der Waals surface area contributed by atoms with Crippen molar-refractivity contribution >= 4 is 10.1 Å². The lowest BCUT2D eigenvalue weighted by Crippen LogP contribution is -2.45. The molecule has 1 fully saturated rings. The summed E-state index contributed by atoms with van der Waals surface area (Å²) in [4.78, 5) is 6.77. The van der Waals surface area contributed by atoms with E-state index in [1.165, 1.54) is 19.3 Å². The first kappa shape index (κ1) is 28.6. The predicted molar refractivity (Wildman–Crippen MR) is 126 cm³/mol. The zero-order chi connectivity index (χ0) is 27.1. The molecule has 0 aliphatic carbocycles. The number of benzene rings is 1. The molecule has 13 heteroatoms. The number of pyridine rings is 1. The van der Waals surface area contributed by atoms with Crippen molar-refractivity contribution in [1.82, 2.24) is 9.88 Å². The van der Waals surface area contributed by atoms with Crippen LogP contribution in [0.15, 0.2) is 59.4 Å². The maximum atomic E-state index is 10.7. The van der Waals surface area contributed by atoms with E-state index in [0.29, 0.717) is 12.4 Å². The number of halogens is 3. The number of methoxy groups -OCH3 is 1. The van der Waals surface area contributed by atoms with Crippen LogP contribution >= 0.6 is 0 Å². The van der Waals surface area contributed by atoms with Crippen LogP contribution < -0.4 is 9.30 Å². The first-order valence-corrected chi connectivity index (χ1v) is 12.9. The molecule has 1 N–H and O–H groups in total. The van der Waals surface area contributed by atoms with Crippen LogP contribution in [0.1, 0.15) is 19.3 Å². The molecule has 3 aromatic rings. The number of aliphatic hydroxyl groups is 1. The minimum Gasteiger partial charge on any atom is -0.741 e. The van der Waals surface area contributed by atoms with Gasteiger partial charge in [0.1, 0.15) is 11.9 Å². The summed E-state index contributed by atoms with van der Waals surface area (Å²) in [6.07, 6.45) is 9.09. The van der Waals surface area contributed by atoms with E-state index >= 15 is 0 Å². The van der Waals surface area contributed by atoms with Gasteiger partial charge in [-0.15, -0.1) is 0 Å². The summed E-state index contributed by atoms with van der Waals surface area (Å²) in [7, 11) is -4.44. The third-order valence-corrected chi connectivity index (χ3v) is 6.21. The summed E-state index contributed by atoms with van der Waals surface area (Å²) >= 11 is 0. The molecular weight excluding hydrogens is 515 g/mol. The van der Waals surface area contributed by atoms with E-state index in [1.807, 2.05) is 53.4 Å². The molecule has 0 saturated carbocycles. The molecule has 37 heavy (non-hydrogen) atoms. The van der Waals surface area contributed by atoms with Crippen LogP contribution in [0.4, 0.5) is 13.2 Å². The standard InChI is InChI=1S/C23H28N3O3.CHF3O3S/c1-28-21-7-5-18(6-8-21)22-15-24-23(29-22)19-9-13-26(14-10-19)17-20(27)16-25-11-3-2-4-12-25;2-1(3,4)8(5,6)7/h5-10,13-15,20,27H,2-4,11-12,16-17H2,1H3;(H,5,6,7)/q+1;/p-1. The van der Waals surface area contributed by atoms with Gasteiger partial charge in [-0.1, -0.05) is 6.42 Å². The number of likely N-dealkylation sites (tertiary alicyclic amines) is 1. The second-order valence-electron chi connectivity index (χ2n) is 8.46. The number of hydrogen-bond acceptors (Lipinski definition) is 8. The van der Waals surface area contributed by atoms with Crippen LogP contribution in [0.2, 0.25) is 0 Å². The number of oxazole rings is 1. The lowest BCUT2D eigenvalue weighted by atomic mass is 10.1. The van der Waals surface area contributed by atoms with Crippen molar-refractivity contribution in [3.63, 3.8) is 0 Å². The van der Waals surface area contributed by atoms with Crippen LogP contribution in [-0.2, 0) is 16.7 Å². The Morgan fingerprint density at radius 2 is 1.70 bits per heavy atom. The van der Waals surface area contributed by atoms with Crippen molar-refractivity contribution in [2.24, 2.45) is 0 Å². The van der Waals surface area contributed by atoms with Gasteiger partial charge in [0.05, 0.1) is 13.3 Å². The highest BCUT2D eigenvalue weighted by Gasteiger charge is 2.36. The molecule has 1 aliphatic heterocycles. The van der Waals surface area contributed by atoms with E-state index in [9.17, 15) is 18.3 Å². The Bertz CT molecular complexity index is 1230. The van der Waals surface area contributed by atoms with Crippen molar-refractivity contribution in [2.75, 3.05) is 26.7 Å². The van der Waals surface area contributed by atoms with Gasteiger partial charge < -0.3 is 23.7 Å². The summed E-state index contributed by atoms with van der Waals surface area (Å²) < 4.78 is 72.0. The van der Waals surface area contributed by atoms with E-state index < -0.39 is 15.6 Å². The minimum absolute atomic E-state index is 0.368. The second-order valence-corrected chi connectivity index (χ2v) is 9.83. The Balaban J connectivity index is 0.000000414. The summed E-state index contributed by atoms with van der Waals surface area (Å²) in [6.45, 7) is 3.52. The Morgan fingerprint density at radius 3 is 2.24 bits per heavy atom. The van der Waals surface area contributed by atoms with Gasteiger partial charge in [-0.05, 0) is 50.2 Å². The molecule has 2 aromatic heterocycles. The molecular formula is C24H28F3N3O6S. The molecule has 1 aliphatic rings. The fourth-order valence-corrected chi connectivity index (χ4v) is 3.76. The Hall–Kier alpha value is -3.00. The van der Waals surface area contributed by atoms with E-state index in [2.05, 4.69) is 9.88 Å². The average molecular weight is 544 g/mol. The van der Waals surface area contributed by atoms with Gasteiger partial charge in [0.25, 0.3) is 0 Å². The number of nitrogens with zero attached hydrogens (tertiary/aromatic N) is 3. The fraction of sp³-hybridized carbons (Fsp3) is 0.417. The molecule has 0 spiro atoms. The van der Waals surface area contributed by atoms with Crippen molar-refractivity contribution in [1.29, 1.82) is 0 Å². The summed E-state index contributed by atoms with van der Waals surface area (Å²) in [6, 6.07) is 11.6. The molecule has 9 nitrogen and oxygen atoms in total. The number of ether oxygens (including phenoxy) is 1. The molecule has 1 saturated heterocycles.